The Morgan fingerprint density at radius 1 is 1.06 bits per heavy atom. The molecule has 0 unspecified atom stereocenters. The maximum atomic E-state index is 5.70. The molecule has 0 fully saturated rings. The third-order valence-electron chi connectivity index (χ3n) is 2.80. The molecule has 0 aliphatic heterocycles. The Bertz CT molecular complexity index is 329. The predicted octanol–water partition coefficient (Wildman–Crippen LogP) is 5.29. The Morgan fingerprint density at radius 2 is 1.78 bits per heavy atom. The van der Waals surface area contributed by atoms with E-state index >= 15 is 0 Å². The number of allylic oxidation sites excluding steroid dienone is 1. The van der Waals surface area contributed by atoms with Crippen LogP contribution in [0.4, 0.5) is 0 Å². The van der Waals surface area contributed by atoms with Gasteiger partial charge in [-0.15, -0.1) is 11.6 Å². The molecule has 0 bridgehead atoms. The summed E-state index contributed by atoms with van der Waals surface area (Å²) in [5.41, 5.74) is 1.16. The summed E-state index contributed by atoms with van der Waals surface area (Å²) in [6.45, 7) is 3.05. The summed E-state index contributed by atoms with van der Waals surface area (Å²) in [7, 11) is 0. The van der Waals surface area contributed by atoms with E-state index in [1.54, 1.807) is 0 Å². The van der Waals surface area contributed by atoms with Crippen LogP contribution in [0.5, 0.6) is 5.75 Å². The first-order valence-electron chi connectivity index (χ1n) is 6.82. The average molecular weight is 267 g/mol. The third-order valence-corrected chi connectivity index (χ3v) is 2.97. The van der Waals surface area contributed by atoms with E-state index in [2.05, 4.69) is 19.1 Å². The van der Waals surface area contributed by atoms with Crippen LogP contribution in [0.25, 0.3) is 6.08 Å². The van der Waals surface area contributed by atoms with Gasteiger partial charge in [0.2, 0.25) is 0 Å². The van der Waals surface area contributed by atoms with Gasteiger partial charge in [-0.2, -0.15) is 0 Å². The number of halogens is 1. The van der Waals surface area contributed by atoms with E-state index in [1.807, 2.05) is 24.3 Å². The molecular weight excluding hydrogens is 244 g/mol. The van der Waals surface area contributed by atoms with E-state index in [4.69, 9.17) is 16.3 Å². The molecule has 100 valence electrons. The standard InChI is InChI=1S/C16H23ClO/c1-2-3-4-5-6-14-18-16-11-9-15(10-12-16)8-7-13-17/h7-12H,2-6,13-14H2,1H3. The van der Waals surface area contributed by atoms with Crippen LogP contribution in [0, 0.1) is 0 Å². The van der Waals surface area contributed by atoms with Gasteiger partial charge in [-0.05, 0) is 24.1 Å². The molecule has 18 heavy (non-hydrogen) atoms. The van der Waals surface area contributed by atoms with E-state index in [1.165, 1.54) is 25.7 Å². The van der Waals surface area contributed by atoms with Crippen molar-refractivity contribution in [2.24, 2.45) is 0 Å². The van der Waals surface area contributed by atoms with E-state index < -0.39 is 0 Å². The molecule has 0 spiro atoms. The van der Waals surface area contributed by atoms with Crippen LogP contribution in [-0.4, -0.2) is 12.5 Å². The molecule has 1 nitrogen and oxygen atoms in total. The van der Waals surface area contributed by atoms with Gasteiger partial charge in [0.1, 0.15) is 5.75 Å². The monoisotopic (exact) mass is 266 g/mol. The maximum Gasteiger partial charge on any atom is 0.119 e. The number of hydrogen-bond donors (Lipinski definition) is 0. The van der Waals surface area contributed by atoms with Gasteiger partial charge in [-0.25, -0.2) is 0 Å². The van der Waals surface area contributed by atoms with Crippen molar-refractivity contribution in [3.63, 3.8) is 0 Å². The van der Waals surface area contributed by atoms with Crippen molar-refractivity contribution < 1.29 is 4.74 Å². The van der Waals surface area contributed by atoms with E-state index in [9.17, 15) is 0 Å². The first kappa shape index (κ1) is 15.1. The van der Waals surface area contributed by atoms with Crippen LogP contribution < -0.4 is 4.74 Å². The number of hydrogen-bond acceptors (Lipinski definition) is 1. The highest BCUT2D eigenvalue weighted by Gasteiger charge is 1.94. The van der Waals surface area contributed by atoms with Crippen LogP contribution in [0.1, 0.15) is 44.6 Å². The second-order valence-corrected chi connectivity index (χ2v) is 4.70. The molecule has 0 N–H and O–H groups in total. The average Bonchev–Trinajstić information content (AvgIpc) is 2.42. The minimum absolute atomic E-state index is 0.552. The number of benzene rings is 1. The zero-order valence-corrected chi connectivity index (χ0v) is 12.0. The number of unbranched alkanes of at least 4 members (excludes halogenated alkanes) is 4. The SMILES string of the molecule is CCCCCCCOc1ccc(C=CCCl)cc1. The fourth-order valence-corrected chi connectivity index (χ4v) is 1.84. The molecule has 0 amide bonds. The van der Waals surface area contributed by atoms with Gasteiger partial charge in [0.05, 0.1) is 6.61 Å². The fourth-order valence-electron chi connectivity index (χ4n) is 1.75. The summed E-state index contributed by atoms with van der Waals surface area (Å²) in [6.07, 6.45) is 10.3. The zero-order chi connectivity index (χ0) is 13.1. The first-order valence-corrected chi connectivity index (χ1v) is 7.35. The molecule has 0 heterocycles. The van der Waals surface area contributed by atoms with Gasteiger partial charge >= 0.3 is 0 Å². The smallest absolute Gasteiger partial charge is 0.119 e. The molecule has 0 aromatic heterocycles. The van der Waals surface area contributed by atoms with Crippen molar-refractivity contribution in [1.82, 2.24) is 0 Å². The lowest BCUT2D eigenvalue weighted by molar-refractivity contribution is 0.304. The van der Waals surface area contributed by atoms with Crippen molar-refractivity contribution in [2.45, 2.75) is 39.0 Å². The van der Waals surface area contributed by atoms with Gasteiger partial charge in [0, 0.05) is 5.88 Å². The largest absolute Gasteiger partial charge is 0.494 e. The minimum atomic E-state index is 0.552. The van der Waals surface area contributed by atoms with Crippen molar-refractivity contribution in [1.29, 1.82) is 0 Å². The van der Waals surface area contributed by atoms with Crippen molar-refractivity contribution in [3.05, 3.63) is 35.9 Å². The van der Waals surface area contributed by atoms with Crippen molar-refractivity contribution in [3.8, 4) is 5.75 Å². The third kappa shape index (κ3) is 6.70. The highest BCUT2D eigenvalue weighted by Crippen LogP contribution is 2.14. The number of rotatable bonds is 9. The summed E-state index contributed by atoms with van der Waals surface area (Å²) in [6, 6.07) is 8.13. The van der Waals surface area contributed by atoms with Gasteiger partial charge in [-0.1, -0.05) is 56.9 Å². The van der Waals surface area contributed by atoms with Crippen LogP contribution >= 0.6 is 11.6 Å². The molecule has 1 rings (SSSR count). The normalized spacial score (nSPS) is 11.0. The fraction of sp³-hybridized carbons (Fsp3) is 0.500. The quantitative estimate of drug-likeness (QED) is 0.436. The Hall–Kier alpha value is -0.950. The molecule has 0 saturated heterocycles. The molecule has 1 aromatic rings. The summed E-state index contributed by atoms with van der Waals surface area (Å²) in [4.78, 5) is 0. The van der Waals surface area contributed by atoms with Gasteiger partial charge in [0.25, 0.3) is 0 Å². The molecular formula is C16H23ClO. The van der Waals surface area contributed by atoms with E-state index in [0.29, 0.717) is 5.88 Å². The summed E-state index contributed by atoms with van der Waals surface area (Å²) < 4.78 is 5.70. The summed E-state index contributed by atoms with van der Waals surface area (Å²) in [5, 5.41) is 0. The second-order valence-electron chi connectivity index (χ2n) is 4.39. The Morgan fingerprint density at radius 3 is 2.44 bits per heavy atom. The molecule has 0 saturated carbocycles. The Balaban J connectivity index is 2.20. The molecule has 0 aliphatic carbocycles. The van der Waals surface area contributed by atoms with Crippen molar-refractivity contribution in [2.75, 3.05) is 12.5 Å². The number of ether oxygens (including phenoxy) is 1. The van der Waals surface area contributed by atoms with Crippen LogP contribution in [0.2, 0.25) is 0 Å². The lowest BCUT2D eigenvalue weighted by atomic mass is 10.2. The van der Waals surface area contributed by atoms with Gasteiger partial charge in [0.15, 0.2) is 0 Å². The van der Waals surface area contributed by atoms with Crippen LogP contribution in [-0.2, 0) is 0 Å². The van der Waals surface area contributed by atoms with E-state index in [-0.39, 0.29) is 0 Å². The highest BCUT2D eigenvalue weighted by atomic mass is 35.5. The molecule has 2 heteroatoms. The summed E-state index contributed by atoms with van der Waals surface area (Å²) >= 11 is 5.59. The van der Waals surface area contributed by atoms with E-state index in [0.717, 1.165) is 24.3 Å². The first-order chi connectivity index (χ1) is 8.86. The Labute approximate surface area is 116 Å². The second kappa shape index (κ2) is 10.0. The molecule has 0 aliphatic rings. The molecule has 1 aromatic carbocycles. The predicted molar refractivity (Wildman–Crippen MR) is 80.5 cm³/mol. The van der Waals surface area contributed by atoms with Crippen molar-refractivity contribution >= 4 is 17.7 Å². The zero-order valence-electron chi connectivity index (χ0n) is 11.2. The maximum absolute atomic E-state index is 5.70. The summed E-state index contributed by atoms with van der Waals surface area (Å²) in [5.74, 6) is 1.50. The highest BCUT2D eigenvalue weighted by molar-refractivity contribution is 6.19. The van der Waals surface area contributed by atoms with Gasteiger partial charge in [-0.3, -0.25) is 0 Å². The minimum Gasteiger partial charge on any atom is -0.494 e. The molecule has 0 atom stereocenters. The number of alkyl halides is 1. The van der Waals surface area contributed by atoms with Crippen LogP contribution in [0.3, 0.4) is 0 Å². The van der Waals surface area contributed by atoms with Gasteiger partial charge < -0.3 is 4.74 Å². The topological polar surface area (TPSA) is 9.23 Å². The Kier molecular flexibility index (Phi) is 8.41. The molecule has 0 radical (unpaired) electrons. The lowest BCUT2D eigenvalue weighted by Gasteiger charge is -2.06. The van der Waals surface area contributed by atoms with Crippen LogP contribution in [0.15, 0.2) is 30.3 Å². The lowest BCUT2D eigenvalue weighted by Crippen LogP contribution is -1.97.